The third kappa shape index (κ3) is 4.16. The van der Waals surface area contributed by atoms with Crippen molar-refractivity contribution in [2.75, 3.05) is 45.8 Å². The highest BCUT2D eigenvalue weighted by molar-refractivity contribution is 7.86. The molecule has 0 aromatic rings. The molecule has 7 heteroatoms. The Kier molecular flexibility index (Phi) is 6.02. The number of piperidine rings is 1. The number of piperazine rings is 1. The third-order valence-corrected chi connectivity index (χ3v) is 6.82. The maximum Gasteiger partial charge on any atom is 0.282 e. The molecule has 0 amide bonds. The van der Waals surface area contributed by atoms with Crippen LogP contribution in [0.25, 0.3) is 0 Å². The summed E-state index contributed by atoms with van der Waals surface area (Å²) in [5.41, 5.74) is 5.66. The predicted octanol–water partition coefficient (Wildman–Crippen LogP) is 0.318. The summed E-state index contributed by atoms with van der Waals surface area (Å²) < 4.78 is 28.9. The molecule has 0 aliphatic carbocycles. The normalized spacial score (nSPS) is 28.6. The van der Waals surface area contributed by atoms with Gasteiger partial charge in [-0.3, -0.25) is 0 Å². The van der Waals surface area contributed by atoms with Crippen LogP contribution in [-0.4, -0.2) is 73.8 Å². The van der Waals surface area contributed by atoms with Gasteiger partial charge in [-0.25, -0.2) is 0 Å². The van der Waals surface area contributed by atoms with Gasteiger partial charge in [-0.05, 0) is 32.2 Å². The molecule has 2 unspecified atom stereocenters. The highest BCUT2D eigenvalue weighted by Gasteiger charge is 2.36. The molecule has 2 heterocycles. The van der Waals surface area contributed by atoms with Crippen molar-refractivity contribution in [2.24, 2.45) is 11.7 Å². The van der Waals surface area contributed by atoms with E-state index >= 15 is 0 Å². The van der Waals surface area contributed by atoms with Crippen LogP contribution in [0.4, 0.5) is 0 Å². The molecule has 0 aromatic heterocycles. The molecule has 0 saturated carbocycles. The van der Waals surface area contributed by atoms with Gasteiger partial charge in [0, 0.05) is 45.3 Å². The molecule has 2 aliphatic heterocycles. The lowest BCUT2D eigenvalue weighted by Crippen LogP contribution is -2.56. The average molecular weight is 318 g/mol. The van der Waals surface area contributed by atoms with Crippen molar-refractivity contribution in [1.82, 2.24) is 13.5 Å². The van der Waals surface area contributed by atoms with Gasteiger partial charge < -0.3 is 10.6 Å². The molecule has 0 radical (unpaired) electrons. The fourth-order valence-corrected chi connectivity index (χ4v) is 5.06. The van der Waals surface area contributed by atoms with E-state index in [1.807, 2.05) is 6.92 Å². The summed E-state index contributed by atoms with van der Waals surface area (Å²) in [6.45, 7) is 9.31. The number of rotatable bonds is 5. The molecular formula is C14H30N4O2S. The maximum atomic E-state index is 12.7. The molecule has 124 valence electrons. The average Bonchev–Trinajstić information content (AvgIpc) is 2.48. The molecule has 0 aromatic carbocycles. The molecule has 2 fully saturated rings. The summed E-state index contributed by atoms with van der Waals surface area (Å²) >= 11 is 0. The molecule has 0 spiro atoms. The van der Waals surface area contributed by atoms with Gasteiger partial charge in [-0.2, -0.15) is 17.0 Å². The second-order valence-electron chi connectivity index (χ2n) is 6.50. The molecule has 2 atom stereocenters. The highest BCUT2D eigenvalue weighted by atomic mass is 32.2. The van der Waals surface area contributed by atoms with E-state index in [0.717, 1.165) is 38.9 Å². The molecule has 6 nitrogen and oxygen atoms in total. The van der Waals surface area contributed by atoms with Gasteiger partial charge in [-0.15, -0.1) is 0 Å². The monoisotopic (exact) mass is 318 g/mol. The Balaban J connectivity index is 1.91. The smallest absolute Gasteiger partial charge is 0.282 e. The highest BCUT2D eigenvalue weighted by Crippen LogP contribution is 2.23. The lowest BCUT2D eigenvalue weighted by Gasteiger charge is -2.40. The maximum absolute atomic E-state index is 12.7. The summed E-state index contributed by atoms with van der Waals surface area (Å²) in [5.74, 6) is 0.468. The van der Waals surface area contributed by atoms with Crippen molar-refractivity contribution in [1.29, 1.82) is 0 Å². The second-order valence-corrected chi connectivity index (χ2v) is 8.38. The predicted molar refractivity (Wildman–Crippen MR) is 85.2 cm³/mol. The van der Waals surface area contributed by atoms with Gasteiger partial charge >= 0.3 is 0 Å². The fraction of sp³-hybridized carbons (Fsp3) is 1.00. The zero-order chi connectivity index (χ0) is 15.5. The van der Waals surface area contributed by atoms with Crippen LogP contribution in [0.3, 0.4) is 0 Å². The first-order chi connectivity index (χ1) is 9.95. The molecular weight excluding hydrogens is 288 g/mol. The van der Waals surface area contributed by atoms with Gasteiger partial charge in [0.05, 0.1) is 0 Å². The van der Waals surface area contributed by atoms with Crippen LogP contribution in [-0.2, 0) is 10.2 Å². The molecule has 0 bridgehead atoms. The largest absolute Gasteiger partial charge is 0.330 e. The summed E-state index contributed by atoms with van der Waals surface area (Å²) in [7, 11) is -3.28. The van der Waals surface area contributed by atoms with E-state index in [-0.39, 0.29) is 6.04 Å². The number of hydrogen-bond donors (Lipinski definition) is 1. The van der Waals surface area contributed by atoms with E-state index in [4.69, 9.17) is 5.73 Å². The first-order valence-corrected chi connectivity index (χ1v) is 9.54. The lowest BCUT2D eigenvalue weighted by atomic mass is 10.1. The first kappa shape index (κ1) is 17.1. The first-order valence-electron chi connectivity index (χ1n) is 8.14. The van der Waals surface area contributed by atoms with Gasteiger partial charge in [0.1, 0.15) is 0 Å². The lowest BCUT2D eigenvalue weighted by molar-refractivity contribution is 0.158. The SMILES string of the molecule is CC(CN)CN1CCN(S(=O)(=O)N2CCCCC2C)CC1. The van der Waals surface area contributed by atoms with E-state index in [0.29, 0.717) is 32.1 Å². The van der Waals surface area contributed by atoms with Gasteiger partial charge in [0.2, 0.25) is 0 Å². The summed E-state index contributed by atoms with van der Waals surface area (Å²) in [5, 5.41) is 0. The topological polar surface area (TPSA) is 69.9 Å². The van der Waals surface area contributed by atoms with Crippen molar-refractivity contribution in [2.45, 2.75) is 39.2 Å². The Morgan fingerprint density at radius 3 is 2.38 bits per heavy atom. The Labute approximate surface area is 129 Å². The fourth-order valence-electron chi connectivity index (χ4n) is 3.22. The van der Waals surface area contributed by atoms with Gasteiger partial charge in [-0.1, -0.05) is 13.3 Å². The van der Waals surface area contributed by atoms with Crippen LogP contribution >= 0.6 is 0 Å². The van der Waals surface area contributed by atoms with Crippen LogP contribution < -0.4 is 5.73 Å². The number of hydrogen-bond acceptors (Lipinski definition) is 4. The van der Waals surface area contributed by atoms with E-state index < -0.39 is 10.2 Å². The molecule has 2 rings (SSSR count). The van der Waals surface area contributed by atoms with Crippen LogP contribution in [0.2, 0.25) is 0 Å². The van der Waals surface area contributed by atoms with E-state index in [9.17, 15) is 8.42 Å². The van der Waals surface area contributed by atoms with E-state index in [2.05, 4.69) is 11.8 Å². The van der Waals surface area contributed by atoms with Gasteiger partial charge in [0.25, 0.3) is 10.2 Å². The second kappa shape index (κ2) is 7.37. The Hall–Kier alpha value is -0.210. The van der Waals surface area contributed by atoms with Gasteiger partial charge in [0.15, 0.2) is 0 Å². The van der Waals surface area contributed by atoms with Crippen molar-refractivity contribution < 1.29 is 8.42 Å². The zero-order valence-electron chi connectivity index (χ0n) is 13.4. The number of nitrogens with zero attached hydrogens (tertiary/aromatic N) is 3. The van der Waals surface area contributed by atoms with Crippen molar-refractivity contribution >= 4 is 10.2 Å². The minimum atomic E-state index is -3.28. The number of nitrogens with two attached hydrogens (primary N) is 1. The Morgan fingerprint density at radius 1 is 1.14 bits per heavy atom. The Bertz CT molecular complexity index is 421. The van der Waals surface area contributed by atoms with Crippen LogP contribution in [0.5, 0.6) is 0 Å². The summed E-state index contributed by atoms with van der Waals surface area (Å²) in [4.78, 5) is 2.32. The quantitative estimate of drug-likeness (QED) is 0.792. The molecule has 2 aliphatic rings. The van der Waals surface area contributed by atoms with Crippen LogP contribution in [0.15, 0.2) is 0 Å². The van der Waals surface area contributed by atoms with Crippen LogP contribution in [0, 0.1) is 5.92 Å². The van der Waals surface area contributed by atoms with E-state index in [1.165, 1.54) is 0 Å². The minimum absolute atomic E-state index is 0.138. The van der Waals surface area contributed by atoms with Crippen molar-refractivity contribution in [3.63, 3.8) is 0 Å². The van der Waals surface area contributed by atoms with Crippen molar-refractivity contribution in [3.8, 4) is 0 Å². The Morgan fingerprint density at radius 2 is 1.81 bits per heavy atom. The summed E-state index contributed by atoms with van der Waals surface area (Å²) in [6.07, 6.45) is 3.10. The third-order valence-electron chi connectivity index (χ3n) is 4.67. The minimum Gasteiger partial charge on any atom is -0.330 e. The molecule has 2 saturated heterocycles. The standard InChI is InChI=1S/C14H30N4O2S/c1-13(11-15)12-16-7-9-17(10-8-16)21(19,20)18-6-4-3-5-14(18)2/h13-14H,3-12,15H2,1-2H3. The molecule has 2 N–H and O–H groups in total. The van der Waals surface area contributed by atoms with Crippen LogP contribution in [0.1, 0.15) is 33.1 Å². The zero-order valence-corrected chi connectivity index (χ0v) is 14.2. The molecule has 21 heavy (non-hydrogen) atoms. The van der Waals surface area contributed by atoms with Crippen molar-refractivity contribution in [3.05, 3.63) is 0 Å². The summed E-state index contributed by atoms with van der Waals surface area (Å²) in [6, 6.07) is 0.138. The van der Waals surface area contributed by atoms with E-state index in [1.54, 1.807) is 8.61 Å².